The molecular weight excluding hydrogens is 319 g/mol. The number of hydrogen-bond donors (Lipinski definition) is 0. The summed E-state index contributed by atoms with van der Waals surface area (Å²) < 4.78 is 17.1. The van der Waals surface area contributed by atoms with Gasteiger partial charge in [0.25, 0.3) is 0 Å². The van der Waals surface area contributed by atoms with Crippen LogP contribution in [0.25, 0.3) is 0 Å². The van der Waals surface area contributed by atoms with Crippen molar-refractivity contribution in [1.82, 2.24) is 0 Å². The molecule has 0 amide bonds. The van der Waals surface area contributed by atoms with Gasteiger partial charge in [-0.25, -0.2) is 0 Å². The van der Waals surface area contributed by atoms with Crippen LogP contribution in [-0.2, 0) is 3.08 Å². The third-order valence-corrected chi connectivity index (χ3v) is 0. The Morgan fingerprint density at radius 2 is 1.60 bits per heavy atom. The first kappa shape index (κ1) is 15.7. The Morgan fingerprint density at radius 1 is 1.60 bits per heavy atom. The van der Waals surface area contributed by atoms with E-state index in [1.807, 2.05) is 0 Å². The Bertz CT molecular complexity index is 17.1. The van der Waals surface area contributed by atoms with E-state index < -0.39 is 21.5 Å². The van der Waals surface area contributed by atoms with E-state index in [-0.39, 0.29) is 81.3 Å². The van der Waals surface area contributed by atoms with Gasteiger partial charge in [-0.15, -0.1) is 12.4 Å². The molecule has 0 rings (SSSR count). The van der Waals surface area contributed by atoms with Crippen molar-refractivity contribution in [3.8, 4) is 0 Å². The van der Waals surface area contributed by atoms with E-state index in [1.54, 1.807) is 0 Å². The Balaban J connectivity index is -0.0000000200. The molecule has 0 aromatic rings. The Hall–Kier alpha value is 2.90. The second-order valence-electron chi connectivity index (χ2n) is 0.0833. The van der Waals surface area contributed by atoms with Crippen molar-refractivity contribution in [2.75, 3.05) is 0 Å². The van der Waals surface area contributed by atoms with Gasteiger partial charge in [0.05, 0.1) is 0 Å². The molecule has 0 aromatic heterocycles. The molecule has 5 heavy (non-hydrogen) atoms. The SMILES string of the molecule is Cl.[Cs+].[O]=[Sn][O-]. The average molecular weight is 320 g/mol. The van der Waals surface area contributed by atoms with Crippen LogP contribution in [0, 0.1) is 0 Å². The van der Waals surface area contributed by atoms with Crippen LogP contribution in [0.15, 0.2) is 0 Å². The molecule has 0 heterocycles. The van der Waals surface area contributed by atoms with Crippen molar-refractivity contribution in [2.45, 2.75) is 0 Å². The van der Waals surface area contributed by atoms with Crippen molar-refractivity contribution in [1.29, 1.82) is 0 Å². The van der Waals surface area contributed by atoms with Gasteiger partial charge in [0, 0.05) is 0 Å². The molecule has 1 radical (unpaired) electrons. The van der Waals surface area contributed by atoms with Gasteiger partial charge in [-0.05, 0) is 0 Å². The number of rotatable bonds is 0. The van der Waals surface area contributed by atoms with Crippen molar-refractivity contribution >= 4 is 33.9 Å². The van der Waals surface area contributed by atoms with Crippen LogP contribution in [0.1, 0.15) is 0 Å². The van der Waals surface area contributed by atoms with Gasteiger partial charge >= 0.3 is 97.0 Å². The molecule has 0 atom stereocenters. The van der Waals surface area contributed by atoms with Crippen molar-refractivity contribution in [3.05, 3.63) is 0 Å². The molecule has 0 spiro atoms. The molecule has 0 aliphatic carbocycles. The normalized spacial score (nSPS) is 2.60. The molecular formula is HClCsO2Sn. The summed E-state index contributed by atoms with van der Waals surface area (Å²) in [6.07, 6.45) is 0. The molecule has 0 unspecified atom stereocenters. The van der Waals surface area contributed by atoms with Crippen LogP contribution in [0.3, 0.4) is 0 Å². The molecule has 0 aliphatic heterocycles. The summed E-state index contributed by atoms with van der Waals surface area (Å²) in [7, 11) is 0. The minimum atomic E-state index is -2.27. The van der Waals surface area contributed by atoms with Crippen molar-refractivity contribution in [2.24, 2.45) is 0 Å². The van der Waals surface area contributed by atoms with E-state index in [9.17, 15) is 0 Å². The van der Waals surface area contributed by atoms with E-state index in [0.717, 1.165) is 0 Å². The third kappa shape index (κ3) is 19.7. The van der Waals surface area contributed by atoms with Crippen molar-refractivity contribution < 1.29 is 75.4 Å². The number of hydrogen-bond acceptors (Lipinski definition) is 2. The molecule has 2 nitrogen and oxygen atoms in total. The molecule has 0 saturated heterocycles. The van der Waals surface area contributed by atoms with Crippen LogP contribution in [0.4, 0.5) is 0 Å². The molecule has 0 saturated carbocycles. The summed E-state index contributed by atoms with van der Waals surface area (Å²) in [6, 6.07) is 0. The molecule has 0 aromatic carbocycles. The number of halogens is 1. The standard InChI is InChI=1S/ClH.Cs.2O.Sn/h1H;;;;/q;+1;;-1;. The van der Waals surface area contributed by atoms with Crippen LogP contribution < -0.4 is 72.3 Å². The fourth-order valence-electron chi connectivity index (χ4n) is 0. The quantitative estimate of drug-likeness (QED) is 0.424. The van der Waals surface area contributed by atoms with E-state index in [1.165, 1.54) is 0 Å². The maximum atomic E-state index is 8.54. The summed E-state index contributed by atoms with van der Waals surface area (Å²) in [5, 5.41) is 0. The molecule has 0 aliphatic rings. The Morgan fingerprint density at radius 3 is 1.60 bits per heavy atom. The molecule has 5 heteroatoms. The van der Waals surface area contributed by atoms with E-state index in [0.29, 0.717) is 0 Å². The monoisotopic (exact) mass is 321 g/mol. The first-order chi connectivity index (χ1) is 1.41. The molecule has 0 N–H and O–H groups in total. The second kappa shape index (κ2) is 15.8. The zero-order valence-electron chi connectivity index (χ0n) is 2.72. The zero-order valence-corrected chi connectivity index (χ0v) is 12.7. The predicted octanol–water partition coefficient (Wildman–Crippen LogP) is -4.26. The summed E-state index contributed by atoms with van der Waals surface area (Å²) in [5.41, 5.74) is 0. The second-order valence-corrected chi connectivity index (χ2v) is 0.559. The fourth-order valence-corrected chi connectivity index (χ4v) is 0. The Kier molecular flexibility index (Phi) is 49.5. The van der Waals surface area contributed by atoms with Gasteiger partial charge in [0.1, 0.15) is 0 Å². The van der Waals surface area contributed by atoms with Crippen LogP contribution >= 0.6 is 12.4 Å². The maximum absolute atomic E-state index is 8.54. The van der Waals surface area contributed by atoms with Gasteiger partial charge in [0.2, 0.25) is 0 Å². The van der Waals surface area contributed by atoms with Gasteiger partial charge in [-0.1, -0.05) is 0 Å². The van der Waals surface area contributed by atoms with Gasteiger partial charge < -0.3 is 0 Å². The molecule has 0 fully saturated rings. The van der Waals surface area contributed by atoms with Crippen molar-refractivity contribution in [3.63, 3.8) is 0 Å². The van der Waals surface area contributed by atoms with Gasteiger partial charge in [0.15, 0.2) is 0 Å². The molecule has 25 valence electrons. The van der Waals surface area contributed by atoms with Crippen LogP contribution in [0.2, 0.25) is 0 Å². The van der Waals surface area contributed by atoms with Crippen LogP contribution in [0.5, 0.6) is 0 Å². The average Bonchev–Trinajstić information content (AvgIpc) is 0.918. The van der Waals surface area contributed by atoms with E-state index >= 15 is 0 Å². The summed E-state index contributed by atoms with van der Waals surface area (Å²) in [6.45, 7) is 0. The minimum absolute atomic E-state index is 0. The predicted molar refractivity (Wildman–Crippen MR) is 13.7 cm³/mol. The van der Waals surface area contributed by atoms with Gasteiger partial charge in [-0.3, -0.25) is 0 Å². The Labute approximate surface area is 106 Å². The first-order valence-electron chi connectivity index (χ1n) is 0.408. The van der Waals surface area contributed by atoms with E-state index in [2.05, 4.69) is 0 Å². The van der Waals surface area contributed by atoms with Gasteiger partial charge in [-0.2, -0.15) is 0 Å². The van der Waals surface area contributed by atoms with Crippen LogP contribution in [-0.4, -0.2) is 21.5 Å². The summed E-state index contributed by atoms with van der Waals surface area (Å²) in [5.74, 6) is 0. The summed E-state index contributed by atoms with van der Waals surface area (Å²) in [4.78, 5) is 0. The third-order valence-electron chi connectivity index (χ3n) is 0. The topological polar surface area (TPSA) is 40.1 Å². The fraction of sp³-hybridized carbons (Fsp3) is 0. The zero-order chi connectivity index (χ0) is 2.71. The first-order valence-corrected chi connectivity index (χ1v) is 2.74. The summed E-state index contributed by atoms with van der Waals surface area (Å²) >= 11 is -2.27. The van der Waals surface area contributed by atoms with E-state index in [4.69, 9.17) is 6.52 Å². The molecule has 0 bridgehead atoms.